The van der Waals surface area contributed by atoms with E-state index in [-0.39, 0.29) is 17.9 Å². The first kappa shape index (κ1) is 18.1. The molecule has 5 nitrogen and oxygen atoms in total. The van der Waals surface area contributed by atoms with Crippen LogP contribution in [0.25, 0.3) is 0 Å². The summed E-state index contributed by atoms with van der Waals surface area (Å²) < 4.78 is 0. The van der Waals surface area contributed by atoms with E-state index >= 15 is 0 Å². The number of fused-ring (bicyclic) bond motifs is 1. The van der Waals surface area contributed by atoms with E-state index in [0.717, 1.165) is 12.8 Å². The minimum Gasteiger partial charge on any atom is -0.345 e. The standard InChI is InChI=1S/C21H25N3O2/c1-23(2)21(26)16-8-6-9-17(13-16)22-20(25)14-24(3)19-12-11-15-7-4-5-10-18(15)19/h4-10,13,19H,11-12,14H2,1-3H3,(H,22,25). The molecule has 1 unspecified atom stereocenters. The maximum atomic E-state index is 12.5. The van der Waals surface area contributed by atoms with Crippen LogP contribution in [0, 0.1) is 0 Å². The minimum absolute atomic E-state index is 0.0775. The Balaban J connectivity index is 1.63. The maximum absolute atomic E-state index is 12.5. The van der Waals surface area contributed by atoms with Crippen molar-refractivity contribution in [2.24, 2.45) is 0 Å². The van der Waals surface area contributed by atoms with Crippen LogP contribution in [0.4, 0.5) is 5.69 Å². The lowest BCUT2D eigenvalue weighted by molar-refractivity contribution is -0.117. The van der Waals surface area contributed by atoms with Gasteiger partial charge in [-0.1, -0.05) is 30.3 Å². The average Bonchev–Trinajstić information content (AvgIpc) is 3.05. The van der Waals surface area contributed by atoms with Crippen molar-refractivity contribution in [3.8, 4) is 0 Å². The topological polar surface area (TPSA) is 52.7 Å². The normalized spacial score (nSPS) is 15.6. The van der Waals surface area contributed by atoms with Crippen LogP contribution in [0.1, 0.15) is 33.9 Å². The van der Waals surface area contributed by atoms with Gasteiger partial charge in [0.15, 0.2) is 0 Å². The molecule has 2 aromatic carbocycles. The molecular weight excluding hydrogens is 326 g/mol. The Bertz CT molecular complexity index is 816. The molecule has 1 aliphatic carbocycles. The van der Waals surface area contributed by atoms with Crippen molar-refractivity contribution < 1.29 is 9.59 Å². The predicted molar refractivity (Wildman–Crippen MR) is 103 cm³/mol. The fraction of sp³-hybridized carbons (Fsp3) is 0.333. The number of likely N-dealkylation sites (N-methyl/N-ethyl adjacent to an activating group) is 1. The molecule has 0 saturated carbocycles. The highest BCUT2D eigenvalue weighted by Crippen LogP contribution is 2.34. The number of carbonyl (C=O) groups excluding carboxylic acids is 2. The number of benzene rings is 2. The number of anilines is 1. The molecular formula is C21H25N3O2. The van der Waals surface area contributed by atoms with Crippen LogP contribution in [0.15, 0.2) is 48.5 Å². The van der Waals surface area contributed by atoms with Gasteiger partial charge in [-0.15, -0.1) is 0 Å². The third-order valence-corrected chi connectivity index (χ3v) is 4.83. The van der Waals surface area contributed by atoms with E-state index in [0.29, 0.717) is 17.8 Å². The molecule has 0 saturated heterocycles. The van der Waals surface area contributed by atoms with Gasteiger partial charge in [-0.05, 0) is 49.2 Å². The van der Waals surface area contributed by atoms with Crippen LogP contribution in [0.2, 0.25) is 0 Å². The monoisotopic (exact) mass is 351 g/mol. The third kappa shape index (κ3) is 3.94. The zero-order chi connectivity index (χ0) is 18.7. The summed E-state index contributed by atoms with van der Waals surface area (Å²) in [5.74, 6) is -0.160. The van der Waals surface area contributed by atoms with E-state index in [2.05, 4.69) is 34.5 Å². The number of hydrogen-bond donors (Lipinski definition) is 1. The molecule has 5 heteroatoms. The lowest BCUT2D eigenvalue weighted by Crippen LogP contribution is -2.32. The van der Waals surface area contributed by atoms with Crippen molar-refractivity contribution in [3.63, 3.8) is 0 Å². The molecule has 0 radical (unpaired) electrons. The van der Waals surface area contributed by atoms with Gasteiger partial charge in [0.2, 0.25) is 5.91 Å². The third-order valence-electron chi connectivity index (χ3n) is 4.83. The number of carbonyl (C=O) groups is 2. The van der Waals surface area contributed by atoms with E-state index in [1.807, 2.05) is 7.05 Å². The van der Waals surface area contributed by atoms with Crippen molar-refractivity contribution in [1.29, 1.82) is 0 Å². The molecule has 1 N–H and O–H groups in total. The molecule has 0 heterocycles. The molecule has 3 rings (SSSR count). The number of hydrogen-bond acceptors (Lipinski definition) is 3. The molecule has 0 fully saturated rings. The number of nitrogens with zero attached hydrogens (tertiary/aromatic N) is 2. The van der Waals surface area contributed by atoms with Crippen LogP contribution in [-0.2, 0) is 11.2 Å². The average molecular weight is 351 g/mol. The van der Waals surface area contributed by atoms with Gasteiger partial charge in [-0.3, -0.25) is 14.5 Å². The van der Waals surface area contributed by atoms with Crippen molar-refractivity contribution in [2.45, 2.75) is 18.9 Å². The Morgan fingerprint density at radius 2 is 1.85 bits per heavy atom. The SMILES string of the molecule is CN(C)C(=O)c1cccc(NC(=O)CN(C)C2CCc3ccccc32)c1. The van der Waals surface area contributed by atoms with Crippen molar-refractivity contribution in [2.75, 3.05) is 33.0 Å². The van der Waals surface area contributed by atoms with Gasteiger partial charge >= 0.3 is 0 Å². The van der Waals surface area contributed by atoms with Gasteiger partial charge in [0.1, 0.15) is 0 Å². The first-order chi connectivity index (χ1) is 12.5. The van der Waals surface area contributed by atoms with Crippen LogP contribution in [-0.4, -0.2) is 49.3 Å². The number of rotatable bonds is 5. The second kappa shape index (κ2) is 7.70. The fourth-order valence-electron chi connectivity index (χ4n) is 3.52. The number of nitrogens with one attached hydrogen (secondary N) is 1. The summed E-state index contributed by atoms with van der Waals surface area (Å²) in [5.41, 5.74) is 3.90. The highest BCUT2D eigenvalue weighted by atomic mass is 16.2. The second-order valence-corrected chi connectivity index (χ2v) is 7.00. The Hall–Kier alpha value is -2.66. The molecule has 1 aliphatic rings. The summed E-state index contributed by atoms with van der Waals surface area (Å²) >= 11 is 0. The highest BCUT2D eigenvalue weighted by molar-refractivity contribution is 5.97. The molecule has 1 atom stereocenters. The minimum atomic E-state index is -0.0826. The van der Waals surface area contributed by atoms with Gasteiger partial charge in [0.25, 0.3) is 5.91 Å². The van der Waals surface area contributed by atoms with E-state index in [1.54, 1.807) is 38.4 Å². The summed E-state index contributed by atoms with van der Waals surface area (Å²) in [5, 5.41) is 2.90. The largest absolute Gasteiger partial charge is 0.345 e. The summed E-state index contributed by atoms with van der Waals surface area (Å²) in [6.45, 7) is 0.310. The summed E-state index contributed by atoms with van der Waals surface area (Å²) in [4.78, 5) is 28.1. The smallest absolute Gasteiger partial charge is 0.253 e. The number of amides is 2. The van der Waals surface area contributed by atoms with Gasteiger partial charge < -0.3 is 10.2 Å². The highest BCUT2D eigenvalue weighted by Gasteiger charge is 2.26. The zero-order valence-corrected chi connectivity index (χ0v) is 15.5. The van der Waals surface area contributed by atoms with Gasteiger partial charge in [-0.25, -0.2) is 0 Å². The van der Waals surface area contributed by atoms with Crippen molar-refractivity contribution in [3.05, 3.63) is 65.2 Å². The van der Waals surface area contributed by atoms with Crippen molar-refractivity contribution >= 4 is 17.5 Å². The van der Waals surface area contributed by atoms with Crippen LogP contribution in [0.5, 0.6) is 0 Å². The second-order valence-electron chi connectivity index (χ2n) is 7.00. The van der Waals surface area contributed by atoms with E-state index in [9.17, 15) is 9.59 Å². The molecule has 26 heavy (non-hydrogen) atoms. The van der Waals surface area contributed by atoms with E-state index in [1.165, 1.54) is 16.0 Å². The Labute approximate surface area is 154 Å². The van der Waals surface area contributed by atoms with Gasteiger partial charge in [0.05, 0.1) is 6.54 Å². The predicted octanol–water partition coefficient (Wildman–Crippen LogP) is 2.95. The Morgan fingerprint density at radius 3 is 2.62 bits per heavy atom. The fourth-order valence-corrected chi connectivity index (χ4v) is 3.52. The van der Waals surface area contributed by atoms with Gasteiger partial charge in [0, 0.05) is 31.4 Å². The first-order valence-electron chi connectivity index (χ1n) is 8.85. The molecule has 0 bridgehead atoms. The maximum Gasteiger partial charge on any atom is 0.253 e. The van der Waals surface area contributed by atoms with E-state index in [4.69, 9.17) is 0 Å². The molecule has 0 aromatic heterocycles. The summed E-state index contributed by atoms with van der Waals surface area (Å²) in [7, 11) is 5.41. The van der Waals surface area contributed by atoms with Crippen LogP contribution >= 0.6 is 0 Å². The van der Waals surface area contributed by atoms with Gasteiger partial charge in [-0.2, -0.15) is 0 Å². The molecule has 2 aromatic rings. The molecule has 2 amide bonds. The summed E-state index contributed by atoms with van der Waals surface area (Å²) in [6, 6.07) is 15.8. The Kier molecular flexibility index (Phi) is 5.38. The zero-order valence-electron chi connectivity index (χ0n) is 15.5. The summed E-state index contributed by atoms with van der Waals surface area (Å²) in [6.07, 6.45) is 2.09. The quantitative estimate of drug-likeness (QED) is 0.901. The molecule has 136 valence electrons. The number of aryl methyl sites for hydroxylation is 1. The van der Waals surface area contributed by atoms with E-state index < -0.39 is 0 Å². The van der Waals surface area contributed by atoms with Crippen molar-refractivity contribution in [1.82, 2.24) is 9.80 Å². The molecule has 0 spiro atoms. The lowest BCUT2D eigenvalue weighted by atomic mass is 10.1. The lowest BCUT2D eigenvalue weighted by Gasteiger charge is -2.24. The first-order valence-corrected chi connectivity index (χ1v) is 8.85. The molecule has 0 aliphatic heterocycles. The van der Waals surface area contributed by atoms with Crippen LogP contribution < -0.4 is 5.32 Å². The Morgan fingerprint density at radius 1 is 1.08 bits per heavy atom. The van der Waals surface area contributed by atoms with Crippen LogP contribution in [0.3, 0.4) is 0 Å².